The molecule has 0 aliphatic rings. The second-order valence-corrected chi connectivity index (χ2v) is 9.61. The predicted octanol–water partition coefficient (Wildman–Crippen LogP) is 4.64. The van der Waals surface area contributed by atoms with Crippen molar-refractivity contribution < 1.29 is 19.2 Å². The fraction of sp³-hybridized carbons (Fsp3) is 0.273. The first-order valence-corrected chi connectivity index (χ1v) is 11.6. The van der Waals surface area contributed by atoms with Crippen molar-refractivity contribution in [3.63, 3.8) is 0 Å². The average molecular weight is 487 g/mol. The van der Waals surface area contributed by atoms with Crippen molar-refractivity contribution in [2.45, 2.75) is 0 Å². The third-order valence-electron chi connectivity index (χ3n) is 5.05. The number of non-ortho nitro benzene ring substituents is 1. The van der Waals surface area contributed by atoms with Crippen LogP contribution in [0.1, 0.15) is 9.67 Å². The molecule has 2 heterocycles. The van der Waals surface area contributed by atoms with E-state index in [1.54, 1.807) is 37.3 Å². The van der Waals surface area contributed by atoms with E-state index in [9.17, 15) is 14.9 Å². The fourth-order valence-corrected chi connectivity index (χ4v) is 5.32. The van der Waals surface area contributed by atoms with Crippen LogP contribution in [0.5, 0.6) is 11.5 Å². The first-order chi connectivity index (χ1) is 15.8. The number of thiophene rings is 1. The number of nitro benzene ring substituents is 1. The van der Waals surface area contributed by atoms with Crippen LogP contribution in [0.3, 0.4) is 0 Å². The van der Waals surface area contributed by atoms with Gasteiger partial charge in [-0.2, -0.15) is 0 Å². The van der Waals surface area contributed by atoms with E-state index in [4.69, 9.17) is 14.5 Å². The molecular formula is C22H22N4O5S2. The molecule has 2 aromatic carbocycles. The van der Waals surface area contributed by atoms with Crippen molar-refractivity contribution in [3.8, 4) is 11.5 Å². The summed E-state index contributed by atoms with van der Waals surface area (Å²) in [4.78, 5) is 33.1. The molecule has 0 unspecified atom stereocenters. The van der Waals surface area contributed by atoms with E-state index in [1.165, 1.54) is 34.8 Å². The van der Waals surface area contributed by atoms with Crippen LogP contribution in [0.2, 0.25) is 0 Å². The Labute approximate surface area is 197 Å². The Morgan fingerprint density at radius 2 is 1.76 bits per heavy atom. The van der Waals surface area contributed by atoms with E-state index in [0.29, 0.717) is 45.5 Å². The molecule has 172 valence electrons. The number of likely N-dealkylation sites (N-methyl/N-ethyl adjacent to an activating group) is 1. The Hall–Kier alpha value is -3.28. The van der Waals surface area contributed by atoms with Crippen molar-refractivity contribution in [3.05, 3.63) is 51.4 Å². The number of carbonyl (C=O) groups is 1. The maximum atomic E-state index is 13.6. The second kappa shape index (κ2) is 9.30. The van der Waals surface area contributed by atoms with Gasteiger partial charge in [0.15, 0.2) is 16.6 Å². The maximum absolute atomic E-state index is 13.6. The lowest BCUT2D eigenvalue weighted by molar-refractivity contribution is -0.384. The van der Waals surface area contributed by atoms with Gasteiger partial charge in [0.05, 0.1) is 34.2 Å². The molecule has 33 heavy (non-hydrogen) atoms. The molecule has 0 saturated carbocycles. The Morgan fingerprint density at radius 3 is 2.42 bits per heavy atom. The molecule has 0 aliphatic heterocycles. The number of nitro groups is 1. The molecule has 1 amide bonds. The predicted molar refractivity (Wildman–Crippen MR) is 131 cm³/mol. The van der Waals surface area contributed by atoms with Crippen LogP contribution >= 0.6 is 22.7 Å². The number of benzene rings is 2. The van der Waals surface area contributed by atoms with Crippen molar-refractivity contribution in [1.29, 1.82) is 0 Å². The number of fused-ring (bicyclic) bond motifs is 2. The molecule has 2 aromatic heterocycles. The quantitative estimate of drug-likeness (QED) is 0.264. The van der Waals surface area contributed by atoms with Crippen molar-refractivity contribution in [2.75, 3.05) is 46.3 Å². The molecule has 0 radical (unpaired) electrons. The summed E-state index contributed by atoms with van der Waals surface area (Å²) in [6.07, 6.45) is 0. The standard InChI is InChI=1S/C22H22N4O5S2/c1-24(2)7-8-25(22-23-15-11-16(30-3)17(31-4)12-19(15)33-22)21(27)20-10-13-9-14(26(28)29)5-6-18(13)32-20/h5-6,9-12H,7-8H2,1-4H3. The molecule has 0 saturated heterocycles. The molecule has 0 bridgehead atoms. The summed E-state index contributed by atoms with van der Waals surface area (Å²) >= 11 is 2.71. The van der Waals surface area contributed by atoms with Gasteiger partial charge in [-0.3, -0.25) is 19.8 Å². The van der Waals surface area contributed by atoms with E-state index in [-0.39, 0.29) is 11.6 Å². The van der Waals surface area contributed by atoms with E-state index in [1.807, 2.05) is 25.1 Å². The first-order valence-electron chi connectivity index (χ1n) is 9.98. The molecule has 4 aromatic rings. The van der Waals surface area contributed by atoms with Crippen LogP contribution in [0, 0.1) is 10.1 Å². The van der Waals surface area contributed by atoms with Crippen molar-refractivity contribution >= 4 is 59.7 Å². The Morgan fingerprint density at radius 1 is 1.03 bits per heavy atom. The van der Waals surface area contributed by atoms with Gasteiger partial charge in [-0.05, 0) is 26.2 Å². The number of carbonyl (C=O) groups excluding carboxylic acids is 1. The number of anilines is 1. The van der Waals surface area contributed by atoms with Gasteiger partial charge >= 0.3 is 0 Å². The van der Waals surface area contributed by atoms with Gasteiger partial charge in [0.25, 0.3) is 11.6 Å². The fourth-order valence-electron chi connectivity index (χ4n) is 3.33. The number of hydrogen-bond donors (Lipinski definition) is 0. The lowest BCUT2D eigenvalue weighted by Crippen LogP contribution is -2.36. The topological polar surface area (TPSA) is 98.0 Å². The largest absolute Gasteiger partial charge is 0.493 e. The summed E-state index contributed by atoms with van der Waals surface area (Å²) in [6, 6.07) is 9.96. The number of ether oxygens (including phenoxy) is 2. The Balaban J connectivity index is 1.74. The summed E-state index contributed by atoms with van der Waals surface area (Å²) in [6.45, 7) is 1.08. The van der Waals surface area contributed by atoms with Crippen LogP contribution in [0.25, 0.3) is 20.3 Å². The number of amides is 1. The van der Waals surface area contributed by atoms with Crippen LogP contribution in [0.15, 0.2) is 36.4 Å². The molecule has 4 rings (SSSR count). The highest BCUT2D eigenvalue weighted by atomic mass is 32.1. The van der Waals surface area contributed by atoms with E-state index in [0.717, 1.165) is 9.40 Å². The van der Waals surface area contributed by atoms with Crippen molar-refractivity contribution in [1.82, 2.24) is 9.88 Å². The molecule has 0 aliphatic carbocycles. The molecule has 0 atom stereocenters. The average Bonchev–Trinajstić information content (AvgIpc) is 3.40. The molecular weight excluding hydrogens is 464 g/mol. The number of rotatable bonds is 8. The SMILES string of the molecule is COc1cc2nc(N(CCN(C)C)C(=O)c3cc4cc([N+](=O)[O-])ccc4s3)sc2cc1OC. The normalized spacial score (nSPS) is 11.3. The molecule has 0 fully saturated rings. The first kappa shape index (κ1) is 22.9. The molecule has 9 nitrogen and oxygen atoms in total. The zero-order valence-electron chi connectivity index (χ0n) is 18.5. The molecule has 0 N–H and O–H groups in total. The minimum Gasteiger partial charge on any atom is -0.493 e. The third-order valence-corrected chi connectivity index (χ3v) is 7.20. The highest BCUT2D eigenvalue weighted by Crippen LogP contribution is 2.38. The second-order valence-electron chi connectivity index (χ2n) is 7.52. The van der Waals surface area contributed by atoms with Gasteiger partial charge in [0, 0.05) is 47.4 Å². The third kappa shape index (κ3) is 4.61. The van der Waals surface area contributed by atoms with Gasteiger partial charge in [0.2, 0.25) is 0 Å². The van der Waals surface area contributed by atoms with Crippen molar-refractivity contribution in [2.24, 2.45) is 0 Å². The summed E-state index contributed by atoms with van der Waals surface area (Å²) in [5, 5.41) is 12.3. The number of hydrogen-bond acceptors (Lipinski definition) is 9. The Kier molecular flexibility index (Phi) is 6.45. The van der Waals surface area contributed by atoms with E-state index in [2.05, 4.69) is 0 Å². The van der Waals surface area contributed by atoms with Gasteiger partial charge in [-0.1, -0.05) is 11.3 Å². The summed E-state index contributed by atoms with van der Waals surface area (Å²) in [5.74, 6) is 0.968. The number of nitrogens with zero attached hydrogens (tertiary/aromatic N) is 4. The zero-order chi connectivity index (χ0) is 23.7. The van der Waals surface area contributed by atoms with E-state index < -0.39 is 4.92 Å². The number of thiazole rings is 1. The summed E-state index contributed by atoms with van der Waals surface area (Å²) in [5.41, 5.74) is 0.708. The van der Waals surface area contributed by atoms with Gasteiger partial charge in [0.1, 0.15) is 0 Å². The highest BCUT2D eigenvalue weighted by molar-refractivity contribution is 7.23. The molecule has 0 spiro atoms. The lowest BCUT2D eigenvalue weighted by atomic mass is 10.2. The summed E-state index contributed by atoms with van der Waals surface area (Å²) in [7, 11) is 7.02. The number of aromatic nitrogens is 1. The van der Waals surface area contributed by atoms with Gasteiger partial charge in [-0.25, -0.2) is 4.98 Å². The van der Waals surface area contributed by atoms with E-state index >= 15 is 0 Å². The van der Waals surface area contributed by atoms with Gasteiger partial charge in [-0.15, -0.1) is 11.3 Å². The minimum atomic E-state index is -0.439. The summed E-state index contributed by atoms with van der Waals surface area (Å²) < 4.78 is 12.5. The smallest absolute Gasteiger partial charge is 0.270 e. The minimum absolute atomic E-state index is 0.00201. The maximum Gasteiger partial charge on any atom is 0.270 e. The highest BCUT2D eigenvalue weighted by Gasteiger charge is 2.24. The number of methoxy groups -OCH3 is 2. The molecule has 11 heteroatoms. The van der Waals surface area contributed by atoms with Crippen LogP contribution in [-0.2, 0) is 0 Å². The van der Waals surface area contributed by atoms with Crippen LogP contribution in [0.4, 0.5) is 10.8 Å². The zero-order valence-corrected chi connectivity index (χ0v) is 20.2. The van der Waals surface area contributed by atoms with Gasteiger partial charge < -0.3 is 14.4 Å². The monoisotopic (exact) mass is 486 g/mol. The van der Waals surface area contributed by atoms with Crippen LogP contribution in [-0.4, -0.2) is 62.1 Å². The Bertz CT molecular complexity index is 1310. The van der Waals surface area contributed by atoms with Crippen LogP contribution < -0.4 is 14.4 Å². The lowest BCUT2D eigenvalue weighted by Gasteiger charge is -2.21.